The Morgan fingerprint density at radius 3 is 2.46 bits per heavy atom. The molecule has 0 unspecified atom stereocenters. The predicted molar refractivity (Wildman–Crippen MR) is 55.5 cm³/mol. The Kier molecular flexibility index (Phi) is 5.10. The Bertz CT molecular complexity index is 143. The van der Waals surface area contributed by atoms with Crippen molar-refractivity contribution in [3.8, 4) is 0 Å². The van der Waals surface area contributed by atoms with E-state index < -0.39 is 0 Å². The van der Waals surface area contributed by atoms with E-state index in [0.29, 0.717) is 5.92 Å². The van der Waals surface area contributed by atoms with Crippen LogP contribution in [0, 0.1) is 11.8 Å². The van der Waals surface area contributed by atoms with E-state index in [1.807, 2.05) is 0 Å². The standard InChI is InChI=1S/C12H21F/c1-2-4-11-6-8-12(9-7-11)5-3-10-13/h3,5,11-12H,2,4,6-10H2,1H3/b5-3+. The highest BCUT2D eigenvalue weighted by Gasteiger charge is 2.18. The molecule has 0 aliphatic heterocycles. The van der Waals surface area contributed by atoms with Gasteiger partial charge in [0.15, 0.2) is 0 Å². The van der Waals surface area contributed by atoms with Gasteiger partial charge in [-0.05, 0) is 37.5 Å². The molecule has 0 aromatic heterocycles. The first kappa shape index (κ1) is 10.7. The zero-order valence-corrected chi connectivity index (χ0v) is 8.64. The molecule has 0 atom stereocenters. The lowest BCUT2D eigenvalue weighted by atomic mass is 9.80. The Morgan fingerprint density at radius 2 is 1.92 bits per heavy atom. The Balaban J connectivity index is 2.18. The summed E-state index contributed by atoms with van der Waals surface area (Å²) in [5.74, 6) is 1.63. The van der Waals surface area contributed by atoms with Crippen LogP contribution in [-0.2, 0) is 0 Å². The van der Waals surface area contributed by atoms with Gasteiger partial charge in [0.05, 0.1) is 0 Å². The van der Waals surface area contributed by atoms with Gasteiger partial charge < -0.3 is 0 Å². The van der Waals surface area contributed by atoms with Gasteiger partial charge in [0.1, 0.15) is 6.67 Å². The van der Waals surface area contributed by atoms with Crippen LogP contribution >= 0.6 is 0 Å². The minimum atomic E-state index is -0.297. The van der Waals surface area contributed by atoms with Crippen molar-refractivity contribution in [3.63, 3.8) is 0 Å². The SMILES string of the molecule is CCCC1CCC(/C=C/CF)CC1. The number of halogens is 1. The molecule has 0 aromatic carbocycles. The average Bonchev–Trinajstić information content (AvgIpc) is 2.17. The van der Waals surface area contributed by atoms with Gasteiger partial charge in [-0.15, -0.1) is 0 Å². The predicted octanol–water partition coefficient (Wildman–Crippen LogP) is 4.12. The summed E-state index contributed by atoms with van der Waals surface area (Å²) in [4.78, 5) is 0. The molecule has 0 radical (unpaired) electrons. The van der Waals surface area contributed by atoms with E-state index in [-0.39, 0.29) is 6.67 Å². The van der Waals surface area contributed by atoms with E-state index in [1.165, 1.54) is 38.5 Å². The molecule has 0 bridgehead atoms. The summed E-state index contributed by atoms with van der Waals surface area (Å²) >= 11 is 0. The maximum atomic E-state index is 11.9. The van der Waals surface area contributed by atoms with Gasteiger partial charge in [-0.2, -0.15) is 0 Å². The maximum Gasteiger partial charge on any atom is 0.108 e. The van der Waals surface area contributed by atoms with Gasteiger partial charge in [-0.25, -0.2) is 4.39 Å². The lowest BCUT2D eigenvalue weighted by Crippen LogP contribution is -2.12. The van der Waals surface area contributed by atoms with Gasteiger partial charge in [0, 0.05) is 0 Å². The molecule has 13 heavy (non-hydrogen) atoms. The third-order valence-electron chi connectivity index (χ3n) is 3.09. The van der Waals surface area contributed by atoms with Crippen LogP contribution in [0.25, 0.3) is 0 Å². The fraction of sp³-hybridized carbons (Fsp3) is 0.833. The van der Waals surface area contributed by atoms with E-state index in [0.717, 1.165) is 5.92 Å². The Labute approximate surface area is 81.2 Å². The van der Waals surface area contributed by atoms with E-state index in [4.69, 9.17) is 0 Å². The monoisotopic (exact) mass is 184 g/mol. The van der Waals surface area contributed by atoms with Crippen molar-refractivity contribution >= 4 is 0 Å². The van der Waals surface area contributed by atoms with Crippen molar-refractivity contribution in [1.82, 2.24) is 0 Å². The quantitative estimate of drug-likeness (QED) is 0.576. The zero-order valence-electron chi connectivity index (χ0n) is 8.64. The summed E-state index contributed by atoms with van der Waals surface area (Å²) in [5, 5.41) is 0. The van der Waals surface area contributed by atoms with Gasteiger partial charge in [0.25, 0.3) is 0 Å². The largest absolute Gasteiger partial charge is 0.247 e. The van der Waals surface area contributed by atoms with Crippen LogP contribution in [0.3, 0.4) is 0 Å². The number of rotatable bonds is 4. The van der Waals surface area contributed by atoms with Gasteiger partial charge in [-0.3, -0.25) is 0 Å². The molecule has 76 valence electrons. The highest BCUT2D eigenvalue weighted by molar-refractivity contribution is 4.90. The minimum absolute atomic E-state index is 0.297. The first-order chi connectivity index (χ1) is 6.36. The lowest BCUT2D eigenvalue weighted by molar-refractivity contribution is 0.294. The Morgan fingerprint density at radius 1 is 1.23 bits per heavy atom. The minimum Gasteiger partial charge on any atom is -0.247 e. The first-order valence-electron chi connectivity index (χ1n) is 5.59. The third-order valence-corrected chi connectivity index (χ3v) is 3.09. The van der Waals surface area contributed by atoms with Crippen LogP contribution in [0.1, 0.15) is 45.4 Å². The number of allylic oxidation sites excluding steroid dienone is 2. The third kappa shape index (κ3) is 3.93. The molecule has 0 saturated heterocycles. The lowest BCUT2D eigenvalue weighted by Gasteiger charge is -2.26. The summed E-state index contributed by atoms with van der Waals surface area (Å²) in [6, 6.07) is 0. The molecular weight excluding hydrogens is 163 g/mol. The molecule has 1 aliphatic rings. The molecule has 0 aromatic rings. The molecule has 1 aliphatic carbocycles. The van der Waals surface area contributed by atoms with E-state index in [1.54, 1.807) is 6.08 Å². The number of alkyl halides is 1. The van der Waals surface area contributed by atoms with Gasteiger partial charge in [0.2, 0.25) is 0 Å². The molecule has 0 amide bonds. The van der Waals surface area contributed by atoms with Gasteiger partial charge >= 0.3 is 0 Å². The molecule has 1 fully saturated rings. The van der Waals surface area contributed by atoms with Crippen LogP contribution in [0.4, 0.5) is 4.39 Å². The van der Waals surface area contributed by atoms with Crippen LogP contribution in [0.2, 0.25) is 0 Å². The summed E-state index contributed by atoms with van der Waals surface area (Å²) in [5.41, 5.74) is 0. The van der Waals surface area contributed by atoms with Crippen molar-refractivity contribution in [2.75, 3.05) is 6.67 Å². The van der Waals surface area contributed by atoms with E-state index in [9.17, 15) is 4.39 Å². The highest BCUT2D eigenvalue weighted by atomic mass is 19.1. The van der Waals surface area contributed by atoms with Crippen molar-refractivity contribution in [2.24, 2.45) is 11.8 Å². The Hall–Kier alpha value is -0.330. The zero-order chi connectivity index (χ0) is 9.52. The van der Waals surface area contributed by atoms with Crippen molar-refractivity contribution < 1.29 is 4.39 Å². The normalized spacial score (nSPS) is 29.7. The van der Waals surface area contributed by atoms with E-state index in [2.05, 4.69) is 13.0 Å². The van der Waals surface area contributed by atoms with Crippen LogP contribution in [0.5, 0.6) is 0 Å². The van der Waals surface area contributed by atoms with Crippen molar-refractivity contribution in [3.05, 3.63) is 12.2 Å². The smallest absolute Gasteiger partial charge is 0.108 e. The summed E-state index contributed by atoms with van der Waals surface area (Å²) < 4.78 is 11.9. The van der Waals surface area contributed by atoms with Crippen molar-refractivity contribution in [1.29, 1.82) is 0 Å². The van der Waals surface area contributed by atoms with Crippen LogP contribution in [-0.4, -0.2) is 6.67 Å². The second-order valence-corrected chi connectivity index (χ2v) is 4.15. The highest BCUT2D eigenvalue weighted by Crippen LogP contribution is 2.31. The topological polar surface area (TPSA) is 0 Å². The fourth-order valence-corrected chi connectivity index (χ4v) is 2.32. The van der Waals surface area contributed by atoms with Crippen LogP contribution in [0.15, 0.2) is 12.2 Å². The summed E-state index contributed by atoms with van der Waals surface area (Å²) in [7, 11) is 0. The molecule has 0 heterocycles. The van der Waals surface area contributed by atoms with Crippen LogP contribution < -0.4 is 0 Å². The molecule has 1 heteroatoms. The molecular formula is C12H21F. The molecule has 0 nitrogen and oxygen atoms in total. The molecule has 1 saturated carbocycles. The maximum absolute atomic E-state index is 11.9. The molecule has 0 spiro atoms. The van der Waals surface area contributed by atoms with Crippen molar-refractivity contribution in [2.45, 2.75) is 45.4 Å². The molecule has 0 N–H and O–H groups in total. The molecule has 1 rings (SSSR count). The fourth-order valence-electron chi connectivity index (χ4n) is 2.32. The summed E-state index contributed by atoms with van der Waals surface area (Å²) in [6.07, 6.45) is 11.7. The number of hydrogen-bond acceptors (Lipinski definition) is 0. The second kappa shape index (κ2) is 6.17. The van der Waals surface area contributed by atoms with E-state index >= 15 is 0 Å². The van der Waals surface area contributed by atoms with Gasteiger partial charge in [-0.1, -0.05) is 31.9 Å². The second-order valence-electron chi connectivity index (χ2n) is 4.15. The average molecular weight is 184 g/mol. The number of hydrogen-bond donors (Lipinski definition) is 0. The summed E-state index contributed by atoms with van der Waals surface area (Å²) in [6.45, 7) is 1.96. The first-order valence-corrected chi connectivity index (χ1v) is 5.59.